The molecular weight excluding hydrogens is 402 g/mol. The summed E-state index contributed by atoms with van der Waals surface area (Å²) >= 11 is 9.26. The van der Waals surface area contributed by atoms with Crippen LogP contribution in [0.4, 0.5) is 0 Å². The largest absolute Gasteiger partial charge is 0.481 e. The molecule has 0 saturated carbocycles. The maximum atomic E-state index is 10.7. The lowest BCUT2D eigenvalue weighted by Crippen LogP contribution is -2.25. The molecule has 0 radical (unpaired) electrons. The second-order valence-corrected chi connectivity index (χ2v) is 7.30. The van der Waals surface area contributed by atoms with E-state index in [1.807, 2.05) is 19.1 Å². The number of aliphatic carboxylic acids is 1. The third kappa shape index (κ3) is 5.43. The first-order valence-electron chi connectivity index (χ1n) is 7.98. The highest BCUT2D eigenvalue weighted by Gasteiger charge is 2.34. The Hall–Kier alpha value is -1.62. The molecule has 2 aromatic rings. The summed E-state index contributed by atoms with van der Waals surface area (Å²) in [5.74, 6) is -1.13. The summed E-state index contributed by atoms with van der Waals surface area (Å²) in [6.07, 6.45) is 0.545. The monoisotopic (exact) mass is 421 g/mol. The number of nitrogens with one attached hydrogen (secondary N) is 1. The fourth-order valence-electron chi connectivity index (χ4n) is 2.56. The molecule has 0 aromatic heterocycles. The van der Waals surface area contributed by atoms with Crippen molar-refractivity contribution in [2.24, 2.45) is 0 Å². The molecule has 1 aliphatic rings. The first kappa shape index (κ1) is 19.7. The highest BCUT2D eigenvalue weighted by atomic mass is 79.9. The van der Waals surface area contributed by atoms with Gasteiger partial charge in [0.25, 0.3) is 0 Å². The molecule has 0 bridgehead atoms. The van der Waals surface area contributed by atoms with Crippen LogP contribution >= 0.6 is 27.5 Å². The molecule has 1 atom stereocenters. The number of rotatable bonds is 5. The summed E-state index contributed by atoms with van der Waals surface area (Å²) in [6.45, 7) is 7.67. The summed E-state index contributed by atoms with van der Waals surface area (Å²) < 4.78 is 0.830. The highest BCUT2D eigenvalue weighted by Crippen LogP contribution is 2.42. The van der Waals surface area contributed by atoms with E-state index in [0.717, 1.165) is 28.7 Å². The van der Waals surface area contributed by atoms with Gasteiger partial charge in [-0.1, -0.05) is 60.2 Å². The van der Waals surface area contributed by atoms with E-state index in [-0.39, 0.29) is 5.92 Å². The van der Waals surface area contributed by atoms with E-state index in [1.54, 1.807) is 6.07 Å². The van der Waals surface area contributed by atoms with Crippen molar-refractivity contribution in [3.05, 3.63) is 80.8 Å². The van der Waals surface area contributed by atoms with Crippen LogP contribution in [-0.4, -0.2) is 17.6 Å². The number of hydrogen-bond acceptors (Lipinski definition) is 2. The Bertz CT molecular complexity index is 762. The van der Waals surface area contributed by atoms with Crippen LogP contribution in [0.3, 0.4) is 0 Å². The maximum absolute atomic E-state index is 10.7. The van der Waals surface area contributed by atoms with Gasteiger partial charge in [-0.2, -0.15) is 0 Å². The quantitative estimate of drug-likeness (QED) is 0.653. The van der Waals surface area contributed by atoms with Crippen LogP contribution in [-0.2, 0) is 17.8 Å². The predicted molar refractivity (Wildman–Crippen MR) is 106 cm³/mol. The number of benzene rings is 2. The zero-order chi connectivity index (χ0) is 18.4. The SMILES string of the molecule is C=C(C)CNCc1ccccc1.O=C(O)C1Cc2c1ccc(Br)c2Cl. The van der Waals surface area contributed by atoms with Crippen molar-refractivity contribution < 1.29 is 9.90 Å². The number of carbonyl (C=O) groups is 1. The van der Waals surface area contributed by atoms with Gasteiger partial charge in [-0.25, -0.2) is 0 Å². The number of carboxylic acids is 1. The summed E-state index contributed by atoms with van der Waals surface area (Å²) in [4.78, 5) is 10.7. The summed E-state index contributed by atoms with van der Waals surface area (Å²) in [6, 6.07) is 14.0. The Balaban J connectivity index is 0.000000181. The first-order chi connectivity index (χ1) is 11.9. The average molecular weight is 423 g/mol. The Morgan fingerprint density at radius 2 is 2.00 bits per heavy atom. The van der Waals surface area contributed by atoms with E-state index < -0.39 is 5.97 Å². The summed E-state index contributed by atoms with van der Waals surface area (Å²) in [5.41, 5.74) is 4.30. The van der Waals surface area contributed by atoms with Crippen molar-refractivity contribution >= 4 is 33.5 Å². The molecule has 25 heavy (non-hydrogen) atoms. The molecule has 1 unspecified atom stereocenters. The average Bonchev–Trinajstić information content (AvgIpc) is 2.53. The van der Waals surface area contributed by atoms with Gasteiger partial charge in [-0.15, -0.1) is 0 Å². The lowest BCUT2D eigenvalue weighted by Gasteiger charge is -2.28. The molecule has 1 aliphatic carbocycles. The molecule has 5 heteroatoms. The zero-order valence-electron chi connectivity index (χ0n) is 14.1. The molecule has 0 heterocycles. The van der Waals surface area contributed by atoms with E-state index in [4.69, 9.17) is 16.7 Å². The minimum Gasteiger partial charge on any atom is -0.481 e. The number of hydrogen-bond donors (Lipinski definition) is 2. The molecule has 3 rings (SSSR count). The van der Waals surface area contributed by atoms with Gasteiger partial charge in [0.2, 0.25) is 0 Å². The Kier molecular flexibility index (Phi) is 7.24. The van der Waals surface area contributed by atoms with E-state index in [9.17, 15) is 4.79 Å². The molecular formula is C20H21BrClNO2. The van der Waals surface area contributed by atoms with E-state index in [1.165, 1.54) is 11.1 Å². The molecule has 0 saturated heterocycles. The van der Waals surface area contributed by atoms with Crippen LogP contribution in [0.1, 0.15) is 29.5 Å². The fourth-order valence-corrected chi connectivity index (χ4v) is 3.18. The van der Waals surface area contributed by atoms with Gasteiger partial charge >= 0.3 is 5.97 Å². The molecule has 2 N–H and O–H groups in total. The van der Waals surface area contributed by atoms with Crippen LogP contribution in [0.15, 0.2) is 59.1 Å². The van der Waals surface area contributed by atoms with Gasteiger partial charge in [-0.05, 0) is 52.0 Å². The Morgan fingerprint density at radius 1 is 1.32 bits per heavy atom. The summed E-state index contributed by atoms with van der Waals surface area (Å²) in [5, 5.41) is 12.7. The van der Waals surface area contributed by atoms with Gasteiger partial charge in [0.05, 0.1) is 10.9 Å². The van der Waals surface area contributed by atoms with Gasteiger partial charge in [0.1, 0.15) is 0 Å². The van der Waals surface area contributed by atoms with Crippen molar-refractivity contribution in [3.63, 3.8) is 0 Å². The molecule has 2 aromatic carbocycles. The van der Waals surface area contributed by atoms with Crippen molar-refractivity contribution in [1.82, 2.24) is 5.32 Å². The smallest absolute Gasteiger partial charge is 0.311 e. The van der Waals surface area contributed by atoms with Gasteiger partial charge in [-0.3, -0.25) is 4.79 Å². The summed E-state index contributed by atoms with van der Waals surface area (Å²) in [7, 11) is 0. The maximum Gasteiger partial charge on any atom is 0.311 e. The van der Waals surface area contributed by atoms with E-state index >= 15 is 0 Å². The van der Waals surface area contributed by atoms with Crippen LogP contribution in [0.25, 0.3) is 0 Å². The van der Waals surface area contributed by atoms with Crippen LogP contribution < -0.4 is 5.32 Å². The lowest BCUT2D eigenvalue weighted by molar-refractivity contribution is -0.139. The topological polar surface area (TPSA) is 49.3 Å². The fraction of sp³-hybridized carbons (Fsp3) is 0.250. The van der Waals surface area contributed by atoms with Crippen molar-refractivity contribution in [3.8, 4) is 0 Å². The van der Waals surface area contributed by atoms with Crippen molar-refractivity contribution in [1.29, 1.82) is 0 Å². The van der Waals surface area contributed by atoms with Crippen LogP contribution in [0, 0.1) is 0 Å². The first-order valence-corrected chi connectivity index (χ1v) is 9.15. The van der Waals surface area contributed by atoms with Crippen molar-refractivity contribution in [2.75, 3.05) is 6.54 Å². The van der Waals surface area contributed by atoms with Gasteiger partial charge < -0.3 is 10.4 Å². The second kappa shape index (κ2) is 9.18. The van der Waals surface area contributed by atoms with Crippen molar-refractivity contribution in [2.45, 2.75) is 25.8 Å². The standard InChI is InChI=1S/C11H15N.C9H6BrClO2/c1-10(2)8-12-9-11-6-4-3-5-7-11;10-7-2-1-4-5(8(7)11)3-6(4)9(12)13/h3-7,12H,1,8-9H2,2H3;1-2,6H,3H2,(H,12,13). The highest BCUT2D eigenvalue weighted by molar-refractivity contribution is 9.10. The molecule has 3 nitrogen and oxygen atoms in total. The van der Waals surface area contributed by atoms with E-state index in [2.05, 4.69) is 52.1 Å². The molecule has 132 valence electrons. The minimum atomic E-state index is -0.772. The Morgan fingerprint density at radius 3 is 2.60 bits per heavy atom. The van der Waals surface area contributed by atoms with Gasteiger partial charge in [0, 0.05) is 17.6 Å². The number of fused-ring (bicyclic) bond motifs is 1. The van der Waals surface area contributed by atoms with E-state index in [0.29, 0.717) is 11.4 Å². The lowest BCUT2D eigenvalue weighted by atomic mass is 9.78. The molecule has 0 spiro atoms. The van der Waals surface area contributed by atoms with Gasteiger partial charge in [0.15, 0.2) is 0 Å². The molecule has 0 fully saturated rings. The predicted octanol–water partition coefficient (Wildman–Crippen LogP) is 5.18. The zero-order valence-corrected chi connectivity index (χ0v) is 16.4. The minimum absolute atomic E-state index is 0.361. The third-order valence-electron chi connectivity index (χ3n) is 3.91. The molecule has 0 aliphatic heterocycles. The normalized spacial score (nSPS) is 14.6. The second-order valence-electron chi connectivity index (χ2n) is 6.07. The van der Waals surface area contributed by atoms with Crippen LogP contribution in [0.2, 0.25) is 5.02 Å². The molecule has 0 amide bonds. The van der Waals surface area contributed by atoms with Crippen LogP contribution in [0.5, 0.6) is 0 Å². The number of halogens is 2. The third-order valence-corrected chi connectivity index (χ3v) is 5.23. The number of carboxylic acid groups (broad SMARTS) is 1. The Labute approximate surface area is 161 Å².